The Balaban J connectivity index is 0.000000105. The van der Waals surface area contributed by atoms with Gasteiger partial charge in [0.25, 0.3) is 0 Å². The second-order valence-electron chi connectivity index (χ2n) is 13.1. The van der Waals surface area contributed by atoms with E-state index in [1.165, 1.54) is 82.6 Å². The molecule has 0 saturated carbocycles. The van der Waals surface area contributed by atoms with Gasteiger partial charge >= 0.3 is 0 Å². The van der Waals surface area contributed by atoms with Gasteiger partial charge in [0.15, 0.2) is 0 Å². The lowest BCUT2D eigenvalue weighted by Crippen LogP contribution is -2.09. The van der Waals surface area contributed by atoms with Crippen LogP contribution >= 0.6 is 34.0 Å². The molecule has 6 atom stereocenters. The number of fused-ring (bicyclic) bond motifs is 3. The number of ether oxygens (including phenoxy) is 1. The summed E-state index contributed by atoms with van der Waals surface area (Å²) < 4.78 is 5.37. The molecule has 228 valence electrons. The number of rotatable bonds is 4. The Kier molecular flexibility index (Phi) is 9.09. The van der Waals surface area contributed by atoms with E-state index in [4.69, 9.17) is 4.74 Å². The van der Waals surface area contributed by atoms with Gasteiger partial charge in [-0.1, -0.05) is 18.2 Å². The Morgan fingerprint density at radius 3 is 1.67 bits per heavy atom. The highest BCUT2D eigenvalue weighted by atomic mass is 32.1. The molecule has 0 amide bonds. The predicted molar refractivity (Wildman–Crippen MR) is 186 cm³/mol. The van der Waals surface area contributed by atoms with Gasteiger partial charge in [-0.3, -0.25) is 0 Å². The molecule has 3 N–H and O–H groups in total. The fourth-order valence-corrected chi connectivity index (χ4v) is 10.6. The molecule has 9 rings (SSSR count). The number of hydrogen-bond donors (Lipinski definition) is 3. The highest BCUT2D eigenvalue weighted by Gasteiger charge is 2.34. The van der Waals surface area contributed by atoms with E-state index in [9.17, 15) is 0 Å². The molecule has 3 aromatic rings. The van der Waals surface area contributed by atoms with Gasteiger partial charge in [-0.25, -0.2) is 0 Å². The Bertz CT molecular complexity index is 1510. The van der Waals surface area contributed by atoms with Crippen LogP contribution < -0.4 is 20.7 Å². The van der Waals surface area contributed by atoms with Crippen LogP contribution in [0.15, 0.2) is 53.3 Å². The van der Waals surface area contributed by atoms with Crippen LogP contribution in [0.1, 0.15) is 44.3 Å². The van der Waals surface area contributed by atoms with Gasteiger partial charge in [0, 0.05) is 34.3 Å². The van der Waals surface area contributed by atoms with Gasteiger partial charge < -0.3 is 20.7 Å². The first-order valence-corrected chi connectivity index (χ1v) is 18.6. The number of methoxy groups -OCH3 is 1. The van der Waals surface area contributed by atoms with Crippen molar-refractivity contribution in [1.29, 1.82) is 0 Å². The van der Waals surface area contributed by atoms with Crippen molar-refractivity contribution < 1.29 is 4.74 Å². The van der Waals surface area contributed by atoms with Crippen LogP contribution in [0, 0.1) is 49.4 Å². The van der Waals surface area contributed by atoms with Crippen molar-refractivity contribution in [1.82, 2.24) is 16.0 Å². The molecular formula is C36H45N3OS3. The second-order valence-corrected chi connectivity index (χ2v) is 16.2. The van der Waals surface area contributed by atoms with Crippen LogP contribution in [-0.4, -0.2) is 46.4 Å². The number of thiophene rings is 3. The first kappa shape index (κ1) is 29.7. The average Bonchev–Trinajstić information content (AvgIpc) is 3.81. The molecule has 0 radical (unpaired) electrons. The van der Waals surface area contributed by atoms with Crippen LogP contribution in [0.2, 0.25) is 0 Å². The molecule has 0 spiro atoms. The Morgan fingerprint density at radius 1 is 0.628 bits per heavy atom. The van der Waals surface area contributed by atoms with Crippen LogP contribution in [0.3, 0.4) is 0 Å². The summed E-state index contributed by atoms with van der Waals surface area (Å²) in [6.07, 6.45) is 11.2. The molecule has 6 aliphatic rings. The molecule has 6 heterocycles. The first-order valence-electron chi connectivity index (χ1n) is 16.0. The normalized spacial score (nSPS) is 30.0. The minimum atomic E-state index is 0.756. The number of nitrogens with one attached hydrogen (secondary N) is 3. The lowest BCUT2D eigenvalue weighted by atomic mass is 9.99. The summed E-state index contributed by atoms with van der Waals surface area (Å²) in [7, 11) is 1.75. The smallest absolute Gasteiger partial charge is 0.137 e. The van der Waals surface area contributed by atoms with Crippen LogP contribution in [0.5, 0.6) is 5.75 Å². The lowest BCUT2D eigenvalue weighted by molar-refractivity contribution is 0.415. The van der Waals surface area contributed by atoms with Crippen LogP contribution in [0.25, 0.3) is 16.7 Å². The third kappa shape index (κ3) is 6.40. The Labute approximate surface area is 269 Å². The van der Waals surface area contributed by atoms with Gasteiger partial charge in [0.1, 0.15) is 5.75 Å². The van der Waals surface area contributed by atoms with Gasteiger partial charge in [-0.15, -0.1) is 34.0 Å². The highest BCUT2D eigenvalue weighted by molar-refractivity contribution is 7.13. The summed E-state index contributed by atoms with van der Waals surface area (Å²) in [6, 6.07) is 8.80. The maximum absolute atomic E-state index is 5.37. The molecule has 6 unspecified atom stereocenters. The predicted octanol–water partition coefficient (Wildman–Crippen LogP) is 7.74. The van der Waals surface area contributed by atoms with E-state index in [1.54, 1.807) is 29.6 Å². The van der Waals surface area contributed by atoms with E-state index in [2.05, 4.69) is 83.1 Å². The third-order valence-corrected chi connectivity index (χ3v) is 13.4. The van der Waals surface area contributed by atoms with Gasteiger partial charge in [0.2, 0.25) is 0 Å². The van der Waals surface area contributed by atoms with E-state index >= 15 is 0 Å². The molecule has 3 fully saturated rings. The molecule has 3 aliphatic heterocycles. The zero-order valence-corrected chi connectivity index (χ0v) is 28.1. The minimum Gasteiger partial charge on any atom is -0.495 e. The molecule has 0 aromatic carbocycles. The van der Waals surface area contributed by atoms with Gasteiger partial charge in [-0.05, 0) is 146 Å². The number of aryl methyl sites for hydroxylation is 2. The first-order chi connectivity index (χ1) is 21.1. The summed E-state index contributed by atoms with van der Waals surface area (Å²) >= 11 is 5.63. The van der Waals surface area contributed by atoms with Crippen molar-refractivity contribution in [3.05, 3.63) is 78.3 Å². The topological polar surface area (TPSA) is 45.3 Å². The van der Waals surface area contributed by atoms with Gasteiger partial charge in [-0.2, -0.15) is 0 Å². The summed E-state index contributed by atoms with van der Waals surface area (Å²) in [6.45, 7) is 11.6. The standard InChI is InChI=1S/C12H15NOS.2C12H15NS/c1-14-11-2-3-15-12(11)8-4-9-6-13-7-10(9)5-8;1-8-2-3-14-12(8)9-4-10-6-13-7-11(10)5-9;1-8-2-3-12(14-8)9-4-10-6-13-7-11(10)5-9/h2-4,9-10,13H,5-7H2,1H3;2*2-4,10-11,13H,5-7H2,1H3. The molecule has 0 bridgehead atoms. The number of hydrogen-bond acceptors (Lipinski definition) is 7. The zero-order chi connectivity index (χ0) is 29.3. The fourth-order valence-electron chi connectivity index (χ4n) is 7.86. The monoisotopic (exact) mass is 631 g/mol. The maximum Gasteiger partial charge on any atom is 0.137 e. The second kappa shape index (κ2) is 13.2. The molecule has 4 nitrogen and oxygen atoms in total. The molecular weight excluding hydrogens is 587 g/mol. The molecule has 3 aliphatic carbocycles. The summed E-state index contributed by atoms with van der Waals surface area (Å²) in [5, 5.41) is 14.7. The van der Waals surface area contributed by atoms with Crippen molar-refractivity contribution in [3.8, 4) is 5.75 Å². The van der Waals surface area contributed by atoms with Crippen molar-refractivity contribution in [3.63, 3.8) is 0 Å². The van der Waals surface area contributed by atoms with E-state index < -0.39 is 0 Å². The van der Waals surface area contributed by atoms with E-state index in [-0.39, 0.29) is 0 Å². The Hall–Kier alpha value is -2.00. The van der Waals surface area contributed by atoms with E-state index in [0.29, 0.717) is 0 Å². The van der Waals surface area contributed by atoms with Gasteiger partial charge in [0.05, 0.1) is 12.0 Å². The summed E-state index contributed by atoms with van der Waals surface area (Å²) in [5.41, 5.74) is 6.15. The minimum absolute atomic E-state index is 0.756. The maximum atomic E-state index is 5.37. The Morgan fingerprint density at radius 2 is 1.16 bits per heavy atom. The fraction of sp³-hybridized carbons (Fsp3) is 0.500. The van der Waals surface area contributed by atoms with E-state index in [1.807, 2.05) is 22.7 Å². The van der Waals surface area contributed by atoms with Crippen LogP contribution in [0.4, 0.5) is 0 Å². The molecule has 43 heavy (non-hydrogen) atoms. The largest absolute Gasteiger partial charge is 0.495 e. The van der Waals surface area contributed by atoms with E-state index in [0.717, 1.165) is 47.8 Å². The van der Waals surface area contributed by atoms with Crippen molar-refractivity contribution in [2.24, 2.45) is 35.5 Å². The van der Waals surface area contributed by atoms with Crippen molar-refractivity contribution in [2.45, 2.75) is 33.1 Å². The van der Waals surface area contributed by atoms with Crippen molar-refractivity contribution >= 4 is 50.7 Å². The zero-order valence-electron chi connectivity index (χ0n) is 25.7. The number of allylic oxidation sites excluding steroid dienone is 3. The summed E-state index contributed by atoms with van der Waals surface area (Å²) in [5.74, 6) is 6.01. The average molecular weight is 632 g/mol. The molecule has 3 saturated heterocycles. The molecule has 3 aromatic heterocycles. The quantitative estimate of drug-likeness (QED) is 0.276. The van der Waals surface area contributed by atoms with Crippen LogP contribution in [-0.2, 0) is 0 Å². The highest BCUT2D eigenvalue weighted by Crippen LogP contribution is 2.44. The lowest BCUT2D eigenvalue weighted by Gasteiger charge is -2.06. The summed E-state index contributed by atoms with van der Waals surface area (Å²) in [4.78, 5) is 5.79. The SMILES string of the molecule is COc1ccsc1C1=CC2CNCC2C1.Cc1ccc(C2=CC3CNCC3C2)s1.Cc1ccsc1C1=CC2CNCC2C1. The van der Waals surface area contributed by atoms with Crippen molar-refractivity contribution in [2.75, 3.05) is 46.4 Å². The molecule has 7 heteroatoms. The third-order valence-electron chi connectivity index (χ3n) is 10.2.